The standard InChI is InChI=1S/C19H14N4O/c20-18(24)14-3-1-2-13(8-14)17-11-23-19-16(17)9-15(10-22-19)12-4-6-21-7-5-12/h1-11H,(H2,20,24)(H,22,23). The number of benzene rings is 1. The van der Waals surface area contributed by atoms with Crippen LogP contribution in [0.2, 0.25) is 0 Å². The summed E-state index contributed by atoms with van der Waals surface area (Å²) in [6.07, 6.45) is 7.24. The average Bonchev–Trinajstić information content (AvgIpc) is 3.05. The van der Waals surface area contributed by atoms with E-state index in [-0.39, 0.29) is 0 Å². The van der Waals surface area contributed by atoms with E-state index in [0.29, 0.717) is 5.56 Å². The van der Waals surface area contributed by atoms with Gasteiger partial charge in [0.1, 0.15) is 5.65 Å². The molecule has 1 amide bonds. The molecule has 0 atom stereocenters. The molecular weight excluding hydrogens is 300 g/mol. The Morgan fingerprint density at radius 2 is 1.83 bits per heavy atom. The zero-order chi connectivity index (χ0) is 16.5. The van der Waals surface area contributed by atoms with Gasteiger partial charge in [0, 0.05) is 46.9 Å². The summed E-state index contributed by atoms with van der Waals surface area (Å²) < 4.78 is 0. The van der Waals surface area contributed by atoms with Crippen molar-refractivity contribution in [1.82, 2.24) is 15.0 Å². The quantitative estimate of drug-likeness (QED) is 0.608. The molecule has 3 heterocycles. The number of pyridine rings is 2. The van der Waals surface area contributed by atoms with E-state index in [2.05, 4.69) is 21.0 Å². The second-order valence-electron chi connectivity index (χ2n) is 5.50. The zero-order valence-corrected chi connectivity index (χ0v) is 12.7. The summed E-state index contributed by atoms with van der Waals surface area (Å²) in [5.41, 5.74) is 10.6. The van der Waals surface area contributed by atoms with E-state index in [1.807, 2.05) is 36.7 Å². The van der Waals surface area contributed by atoms with Gasteiger partial charge in [0.25, 0.3) is 0 Å². The molecule has 3 aromatic heterocycles. The SMILES string of the molecule is NC(=O)c1cccc(-c2c[nH]c3ncc(-c4ccncc4)cc23)c1. The number of nitrogens with one attached hydrogen (secondary N) is 1. The summed E-state index contributed by atoms with van der Waals surface area (Å²) in [5, 5.41) is 0.992. The van der Waals surface area contributed by atoms with Crippen LogP contribution >= 0.6 is 0 Å². The number of rotatable bonds is 3. The summed E-state index contributed by atoms with van der Waals surface area (Å²) >= 11 is 0. The number of hydrogen-bond donors (Lipinski definition) is 2. The maximum Gasteiger partial charge on any atom is 0.248 e. The van der Waals surface area contributed by atoms with Gasteiger partial charge in [-0.1, -0.05) is 12.1 Å². The van der Waals surface area contributed by atoms with E-state index in [1.165, 1.54) is 0 Å². The van der Waals surface area contributed by atoms with Gasteiger partial charge in [0.05, 0.1) is 0 Å². The number of H-pyrrole nitrogens is 1. The molecule has 0 radical (unpaired) electrons. The summed E-state index contributed by atoms with van der Waals surface area (Å²) in [6, 6.07) is 13.3. The maximum absolute atomic E-state index is 11.4. The molecule has 116 valence electrons. The van der Waals surface area contributed by atoms with Crippen molar-refractivity contribution in [3.8, 4) is 22.3 Å². The number of primary amides is 1. The lowest BCUT2D eigenvalue weighted by molar-refractivity contribution is 0.100. The minimum atomic E-state index is -0.438. The highest BCUT2D eigenvalue weighted by atomic mass is 16.1. The number of amides is 1. The molecule has 0 spiro atoms. The highest BCUT2D eigenvalue weighted by Gasteiger charge is 2.10. The molecule has 4 rings (SSSR count). The molecule has 5 heteroatoms. The fourth-order valence-electron chi connectivity index (χ4n) is 2.78. The summed E-state index contributed by atoms with van der Waals surface area (Å²) in [7, 11) is 0. The predicted molar refractivity (Wildman–Crippen MR) is 93.3 cm³/mol. The van der Waals surface area contributed by atoms with Gasteiger partial charge in [-0.2, -0.15) is 0 Å². The van der Waals surface area contributed by atoms with Crippen molar-refractivity contribution in [2.45, 2.75) is 0 Å². The van der Waals surface area contributed by atoms with Crippen LogP contribution in [0.4, 0.5) is 0 Å². The maximum atomic E-state index is 11.4. The molecule has 5 nitrogen and oxygen atoms in total. The van der Waals surface area contributed by atoms with Crippen LogP contribution < -0.4 is 5.73 Å². The van der Waals surface area contributed by atoms with E-state index < -0.39 is 5.91 Å². The molecule has 24 heavy (non-hydrogen) atoms. The van der Waals surface area contributed by atoms with Crippen LogP contribution in [0.25, 0.3) is 33.3 Å². The van der Waals surface area contributed by atoms with E-state index in [0.717, 1.165) is 33.3 Å². The molecule has 3 N–H and O–H groups in total. The van der Waals surface area contributed by atoms with Gasteiger partial charge in [-0.05, 0) is 41.5 Å². The zero-order valence-electron chi connectivity index (χ0n) is 12.7. The second-order valence-corrected chi connectivity index (χ2v) is 5.50. The topological polar surface area (TPSA) is 84.7 Å². The summed E-state index contributed by atoms with van der Waals surface area (Å²) in [6.45, 7) is 0. The van der Waals surface area contributed by atoms with Gasteiger partial charge in [-0.25, -0.2) is 4.98 Å². The number of fused-ring (bicyclic) bond motifs is 1. The van der Waals surface area contributed by atoms with Crippen LogP contribution in [0.15, 0.2) is 67.3 Å². The molecule has 0 saturated carbocycles. The van der Waals surface area contributed by atoms with Gasteiger partial charge in [-0.15, -0.1) is 0 Å². The lowest BCUT2D eigenvalue weighted by Gasteiger charge is -2.04. The van der Waals surface area contributed by atoms with E-state index in [4.69, 9.17) is 5.73 Å². The first-order chi connectivity index (χ1) is 11.7. The number of nitrogens with two attached hydrogens (primary N) is 1. The van der Waals surface area contributed by atoms with Crippen molar-refractivity contribution in [3.05, 3.63) is 72.8 Å². The van der Waals surface area contributed by atoms with E-state index in [9.17, 15) is 4.79 Å². The van der Waals surface area contributed by atoms with Gasteiger partial charge in [-0.3, -0.25) is 9.78 Å². The van der Waals surface area contributed by atoms with Gasteiger partial charge in [0.2, 0.25) is 5.91 Å². The fraction of sp³-hybridized carbons (Fsp3) is 0. The Bertz CT molecular complexity index is 1040. The molecule has 1 aromatic carbocycles. The number of aromatic nitrogens is 3. The first-order valence-corrected chi connectivity index (χ1v) is 7.50. The van der Waals surface area contributed by atoms with Gasteiger partial charge >= 0.3 is 0 Å². The minimum absolute atomic E-state index is 0.438. The smallest absolute Gasteiger partial charge is 0.248 e. The highest BCUT2D eigenvalue weighted by Crippen LogP contribution is 2.31. The minimum Gasteiger partial charge on any atom is -0.366 e. The van der Waals surface area contributed by atoms with Crippen molar-refractivity contribution in [3.63, 3.8) is 0 Å². The lowest BCUT2D eigenvalue weighted by Crippen LogP contribution is -2.10. The Morgan fingerprint density at radius 3 is 2.62 bits per heavy atom. The molecule has 0 bridgehead atoms. The Balaban J connectivity index is 1.88. The van der Waals surface area contributed by atoms with E-state index >= 15 is 0 Å². The number of nitrogens with zero attached hydrogens (tertiary/aromatic N) is 2. The van der Waals surface area contributed by atoms with Crippen LogP contribution in [-0.4, -0.2) is 20.9 Å². The highest BCUT2D eigenvalue weighted by molar-refractivity contribution is 5.98. The van der Waals surface area contributed by atoms with Crippen molar-refractivity contribution >= 4 is 16.9 Å². The monoisotopic (exact) mass is 314 g/mol. The number of carbonyl (C=O) groups excluding carboxylic acids is 1. The van der Waals surface area contributed by atoms with Crippen LogP contribution in [0.1, 0.15) is 10.4 Å². The predicted octanol–water partition coefficient (Wildman–Crippen LogP) is 3.39. The van der Waals surface area contributed by atoms with Crippen LogP contribution in [0, 0.1) is 0 Å². The van der Waals surface area contributed by atoms with Crippen molar-refractivity contribution in [1.29, 1.82) is 0 Å². The first kappa shape index (κ1) is 14.1. The molecular formula is C19H14N4O. The molecule has 0 fully saturated rings. The van der Waals surface area contributed by atoms with E-state index in [1.54, 1.807) is 24.5 Å². The number of aromatic amines is 1. The normalized spacial score (nSPS) is 10.8. The molecule has 0 aliphatic rings. The van der Waals surface area contributed by atoms with Crippen LogP contribution in [0.3, 0.4) is 0 Å². The molecule has 0 unspecified atom stereocenters. The molecule has 0 aliphatic carbocycles. The first-order valence-electron chi connectivity index (χ1n) is 7.50. The molecule has 0 saturated heterocycles. The summed E-state index contributed by atoms with van der Waals surface area (Å²) in [4.78, 5) is 23.1. The van der Waals surface area contributed by atoms with Gasteiger partial charge < -0.3 is 10.7 Å². The largest absolute Gasteiger partial charge is 0.366 e. The number of hydrogen-bond acceptors (Lipinski definition) is 3. The second kappa shape index (κ2) is 5.62. The van der Waals surface area contributed by atoms with Gasteiger partial charge in [0.15, 0.2) is 0 Å². The fourth-order valence-corrected chi connectivity index (χ4v) is 2.78. The van der Waals surface area contributed by atoms with Crippen molar-refractivity contribution in [2.75, 3.05) is 0 Å². The Labute approximate surface area is 138 Å². The molecule has 4 aromatic rings. The molecule has 0 aliphatic heterocycles. The van der Waals surface area contributed by atoms with Crippen LogP contribution in [0.5, 0.6) is 0 Å². The lowest BCUT2D eigenvalue weighted by atomic mass is 10.0. The van der Waals surface area contributed by atoms with Crippen molar-refractivity contribution < 1.29 is 4.79 Å². The third-order valence-corrected chi connectivity index (χ3v) is 4.00. The third kappa shape index (κ3) is 2.42. The summed E-state index contributed by atoms with van der Waals surface area (Å²) in [5.74, 6) is -0.438. The Hall–Kier alpha value is -3.47. The van der Waals surface area contributed by atoms with Crippen LogP contribution in [-0.2, 0) is 0 Å². The van der Waals surface area contributed by atoms with Crippen molar-refractivity contribution in [2.24, 2.45) is 5.73 Å². The Kier molecular flexibility index (Phi) is 3.31. The average molecular weight is 314 g/mol. The third-order valence-electron chi connectivity index (χ3n) is 4.00. The Morgan fingerprint density at radius 1 is 1.00 bits per heavy atom. The number of carbonyl (C=O) groups is 1.